The Morgan fingerprint density at radius 3 is 2.28 bits per heavy atom. The molecular formula is C20H18N4O. The summed E-state index contributed by atoms with van der Waals surface area (Å²) in [5.74, 6) is 0.649. The average molecular weight is 330 g/mol. The number of rotatable bonds is 4. The van der Waals surface area contributed by atoms with E-state index in [9.17, 15) is 0 Å². The molecule has 4 rings (SSSR count). The molecule has 0 saturated heterocycles. The van der Waals surface area contributed by atoms with Gasteiger partial charge in [0, 0.05) is 12.1 Å². The minimum absolute atomic E-state index is 0.574. The molecule has 4 aromatic rings. The molecule has 0 saturated carbocycles. The first-order valence-electron chi connectivity index (χ1n) is 8.17. The second kappa shape index (κ2) is 6.36. The molecule has 25 heavy (non-hydrogen) atoms. The van der Waals surface area contributed by atoms with Crippen molar-refractivity contribution in [3.05, 3.63) is 71.5 Å². The Labute approximate surface area is 145 Å². The van der Waals surface area contributed by atoms with Gasteiger partial charge in [-0.05, 0) is 19.4 Å². The number of anilines is 1. The van der Waals surface area contributed by atoms with Crippen LogP contribution in [-0.4, -0.2) is 15.1 Å². The summed E-state index contributed by atoms with van der Waals surface area (Å²) in [4.78, 5) is 8.66. The molecular weight excluding hydrogens is 312 g/mol. The summed E-state index contributed by atoms with van der Waals surface area (Å²) in [5, 5.41) is 7.52. The Morgan fingerprint density at radius 2 is 1.56 bits per heavy atom. The third kappa shape index (κ3) is 3.08. The van der Waals surface area contributed by atoms with Crippen molar-refractivity contribution in [2.45, 2.75) is 20.4 Å². The van der Waals surface area contributed by atoms with Crippen molar-refractivity contribution in [1.29, 1.82) is 0 Å². The predicted octanol–water partition coefficient (Wildman–Crippen LogP) is 4.51. The quantitative estimate of drug-likeness (QED) is 0.596. The summed E-state index contributed by atoms with van der Waals surface area (Å²) in [5.41, 5.74) is 6.62. The molecule has 0 aliphatic heterocycles. The van der Waals surface area contributed by atoms with Crippen LogP contribution >= 0.6 is 0 Å². The average Bonchev–Trinajstić information content (AvgIpc) is 3.07. The normalized spacial score (nSPS) is 11.0. The topological polar surface area (TPSA) is 63.8 Å². The van der Waals surface area contributed by atoms with Crippen molar-refractivity contribution in [3.8, 4) is 11.3 Å². The molecule has 5 heteroatoms. The Morgan fingerprint density at radius 1 is 0.880 bits per heavy atom. The summed E-state index contributed by atoms with van der Waals surface area (Å²) in [7, 11) is 0. The Kier molecular flexibility index (Phi) is 3.90. The van der Waals surface area contributed by atoms with E-state index < -0.39 is 0 Å². The third-order valence-electron chi connectivity index (χ3n) is 4.16. The molecule has 0 unspecified atom stereocenters. The first kappa shape index (κ1) is 15.3. The van der Waals surface area contributed by atoms with Gasteiger partial charge >= 0.3 is 0 Å². The van der Waals surface area contributed by atoms with Crippen LogP contribution in [0.2, 0.25) is 0 Å². The lowest BCUT2D eigenvalue weighted by Gasteiger charge is -2.05. The van der Waals surface area contributed by atoms with Crippen molar-refractivity contribution in [2.75, 3.05) is 5.32 Å². The Bertz CT molecular complexity index is 1000. The van der Waals surface area contributed by atoms with E-state index >= 15 is 0 Å². The highest BCUT2D eigenvalue weighted by Crippen LogP contribution is 2.29. The predicted molar refractivity (Wildman–Crippen MR) is 98.3 cm³/mol. The number of nitrogens with zero attached hydrogens (tertiary/aromatic N) is 3. The highest BCUT2D eigenvalue weighted by atomic mass is 16.5. The van der Waals surface area contributed by atoms with E-state index in [1.807, 2.05) is 24.3 Å². The summed E-state index contributed by atoms with van der Waals surface area (Å²) < 4.78 is 5.53. The Balaban J connectivity index is 1.64. The molecule has 2 aromatic heterocycles. The van der Waals surface area contributed by atoms with Crippen LogP contribution in [0.4, 0.5) is 5.82 Å². The van der Waals surface area contributed by atoms with Crippen molar-refractivity contribution >= 4 is 16.9 Å². The van der Waals surface area contributed by atoms with Gasteiger partial charge in [0.1, 0.15) is 17.5 Å². The van der Waals surface area contributed by atoms with Crippen LogP contribution in [0, 0.1) is 13.8 Å². The monoisotopic (exact) mass is 330 g/mol. The number of benzene rings is 2. The maximum absolute atomic E-state index is 5.53. The number of hydrogen-bond donors (Lipinski definition) is 1. The van der Waals surface area contributed by atoms with Crippen LogP contribution < -0.4 is 5.32 Å². The second-order valence-corrected chi connectivity index (χ2v) is 6.14. The van der Waals surface area contributed by atoms with Crippen LogP contribution in [0.5, 0.6) is 0 Å². The SMILES string of the molecule is Cc1ccc(CNc2ncnc3c(-c4ccc(C)cc4)noc23)cc1. The van der Waals surface area contributed by atoms with Gasteiger partial charge in [0.05, 0.1) is 0 Å². The standard InChI is InChI=1S/C20H18N4O/c1-13-3-7-15(8-4-13)11-21-20-19-18(22-12-23-20)17(24-25-19)16-9-5-14(2)6-10-16/h3-10,12H,11H2,1-2H3,(H,21,22,23). The summed E-state index contributed by atoms with van der Waals surface area (Å²) in [6, 6.07) is 16.5. The Hall–Kier alpha value is -3.21. The lowest BCUT2D eigenvalue weighted by Crippen LogP contribution is -2.02. The van der Waals surface area contributed by atoms with E-state index in [0.29, 0.717) is 23.5 Å². The van der Waals surface area contributed by atoms with E-state index in [4.69, 9.17) is 4.52 Å². The molecule has 2 aromatic carbocycles. The molecule has 0 aliphatic carbocycles. The van der Waals surface area contributed by atoms with E-state index in [2.05, 4.69) is 58.6 Å². The first-order valence-corrected chi connectivity index (χ1v) is 8.17. The van der Waals surface area contributed by atoms with E-state index in [1.54, 1.807) is 0 Å². The van der Waals surface area contributed by atoms with Gasteiger partial charge in [0.2, 0.25) is 5.58 Å². The second-order valence-electron chi connectivity index (χ2n) is 6.14. The summed E-state index contributed by atoms with van der Waals surface area (Å²) in [6.45, 7) is 4.79. The first-order chi connectivity index (χ1) is 12.2. The molecule has 124 valence electrons. The molecule has 0 radical (unpaired) electrons. The van der Waals surface area contributed by atoms with Crippen LogP contribution in [0.25, 0.3) is 22.4 Å². The van der Waals surface area contributed by atoms with Crippen molar-refractivity contribution in [1.82, 2.24) is 15.1 Å². The molecule has 0 bridgehead atoms. The smallest absolute Gasteiger partial charge is 0.228 e. The highest BCUT2D eigenvalue weighted by Gasteiger charge is 2.15. The highest BCUT2D eigenvalue weighted by molar-refractivity contribution is 5.93. The molecule has 0 amide bonds. The van der Waals surface area contributed by atoms with Crippen LogP contribution in [0.1, 0.15) is 16.7 Å². The van der Waals surface area contributed by atoms with Crippen LogP contribution in [0.15, 0.2) is 59.4 Å². The van der Waals surface area contributed by atoms with Gasteiger partial charge in [0.15, 0.2) is 5.82 Å². The minimum Gasteiger partial charge on any atom is -0.363 e. The van der Waals surface area contributed by atoms with Crippen molar-refractivity contribution in [2.24, 2.45) is 0 Å². The number of aromatic nitrogens is 3. The lowest BCUT2D eigenvalue weighted by atomic mass is 10.1. The zero-order valence-electron chi connectivity index (χ0n) is 14.2. The van der Waals surface area contributed by atoms with E-state index in [0.717, 1.165) is 11.3 Å². The van der Waals surface area contributed by atoms with Gasteiger partial charge < -0.3 is 9.84 Å². The molecule has 2 heterocycles. The third-order valence-corrected chi connectivity index (χ3v) is 4.16. The zero-order valence-corrected chi connectivity index (χ0v) is 14.2. The van der Waals surface area contributed by atoms with Gasteiger partial charge in [-0.3, -0.25) is 0 Å². The van der Waals surface area contributed by atoms with Gasteiger partial charge in [-0.15, -0.1) is 0 Å². The van der Waals surface area contributed by atoms with Crippen LogP contribution in [-0.2, 0) is 6.54 Å². The maximum atomic E-state index is 5.53. The minimum atomic E-state index is 0.574. The van der Waals surface area contributed by atoms with Crippen LogP contribution in [0.3, 0.4) is 0 Å². The number of hydrogen-bond acceptors (Lipinski definition) is 5. The molecule has 1 N–H and O–H groups in total. The van der Waals surface area contributed by atoms with E-state index in [-0.39, 0.29) is 0 Å². The molecule has 0 aliphatic rings. The maximum Gasteiger partial charge on any atom is 0.228 e. The van der Waals surface area contributed by atoms with Gasteiger partial charge in [-0.1, -0.05) is 64.8 Å². The van der Waals surface area contributed by atoms with Gasteiger partial charge in [0.25, 0.3) is 0 Å². The lowest BCUT2D eigenvalue weighted by molar-refractivity contribution is 0.459. The number of nitrogens with one attached hydrogen (secondary N) is 1. The van der Waals surface area contributed by atoms with E-state index in [1.165, 1.54) is 23.0 Å². The fourth-order valence-corrected chi connectivity index (χ4v) is 2.68. The fourth-order valence-electron chi connectivity index (χ4n) is 2.68. The largest absolute Gasteiger partial charge is 0.363 e. The molecule has 0 fully saturated rings. The van der Waals surface area contributed by atoms with Gasteiger partial charge in [-0.25, -0.2) is 9.97 Å². The number of fused-ring (bicyclic) bond motifs is 1. The van der Waals surface area contributed by atoms with Crippen molar-refractivity contribution in [3.63, 3.8) is 0 Å². The van der Waals surface area contributed by atoms with Gasteiger partial charge in [-0.2, -0.15) is 0 Å². The number of aryl methyl sites for hydroxylation is 2. The molecule has 0 spiro atoms. The zero-order chi connectivity index (χ0) is 17.2. The molecule has 5 nitrogen and oxygen atoms in total. The summed E-state index contributed by atoms with van der Waals surface area (Å²) in [6.07, 6.45) is 1.54. The van der Waals surface area contributed by atoms with Crippen molar-refractivity contribution < 1.29 is 4.52 Å². The fraction of sp³-hybridized carbons (Fsp3) is 0.150. The summed E-state index contributed by atoms with van der Waals surface area (Å²) >= 11 is 0. The molecule has 0 atom stereocenters.